The van der Waals surface area contributed by atoms with Crippen molar-refractivity contribution in [1.82, 2.24) is 14.8 Å². The van der Waals surface area contributed by atoms with Crippen LogP contribution < -0.4 is 0 Å². The number of nitrogens with zero attached hydrogens (tertiary/aromatic N) is 3. The summed E-state index contributed by atoms with van der Waals surface area (Å²) in [4.78, 5) is 4.08. The SMILES string of the molecule is Cc1nc(-n2cc(C(F)(F)F)cn2)ccc1CO. The molecule has 0 aliphatic carbocycles. The molecule has 4 nitrogen and oxygen atoms in total. The maximum Gasteiger partial charge on any atom is 0.419 e. The smallest absolute Gasteiger partial charge is 0.392 e. The molecule has 0 aromatic carbocycles. The van der Waals surface area contributed by atoms with Crippen LogP contribution in [0.4, 0.5) is 13.2 Å². The molecule has 0 aliphatic heterocycles. The molecule has 0 radical (unpaired) electrons. The number of halogens is 3. The van der Waals surface area contributed by atoms with Gasteiger partial charge in [-0.1, -0.05) is 6.07 Å². The lowest BCUT2D eigenvalue weighted by molar-refractivity contribution is -0.137. The van der Waals surface area contributed by atoms with Crippen molar-refractivity contribution in [2.75, 3.05) is 0 Å². The first kappa shape index (κ1) is 12.6. The summed E-state index contributed by atoms with van der Waals surface area (Å²) in [5, 5.41) is 12.6. The average molecular weight is 257 g/mol. The van der Waals surface area contributed by atoms with Crippen molar-refractivity contribution in [1.29, 1.82) is 0 Å². The quantitative estimate of drug-likeness (QED) is 0.896. The van der Waals surface area contributed by atoms with Crippen LogP contribution in [-0.4, -0.2) is 19.9 Å². The first-order valence-electron chi connectivity index (χ1n) is 5.11. The van der Waals surface area contributed by atoms with Gasteiger partial charge in [-0.3, -0.25) is 0 Å². The summed E-state index contributed by atoms with van der Waals surface area (Å²) in [6.07, 6.45) is -2.80. The number of pyridine rings is 1. The molecule has 0 unspecified atom stereocenters. The number of rotatable bonds is 2. The molecule has 0 saturated heterocycles. The summed E-state index contributed by atoms with van der Waals surface area (Å²) in [6, 6.07) is 3.11. The molecular formula is C11H10F3N3O. The summed E-state index contributed by atoms with van der Waals surface area (Å²) < 4.78 is 38.3. The molecule has 1 N–H and O–H groups in total. The fraction of sp³-hybridized carbons (Fsp3) is 0.273. The number of aromatic nitrogens is 3. The Morgan fingerprint density at radius 3 is 2.56 bits per heavy atom. The van der Waals surface area contributed by atoms with Crippen molar-refractivity contribution >= 4 is 0 Å². The first-order chi connectivity index (χ1) is 8.41. The third-order valence-corrected chi connectivity index (χ3v) is 2.50. The molecule has 2 heterocycles. The van der Waals surface area contributed by atoms with Crippen molar-refractivity contribution in [2.45, 2.75) is 19.7 Å². The van der Waals surface area contributed by atoms with Crippen LogP contribution in [-0.2, 0) is 12.8 Å². The molecule has 0 aliphatic rings. The van der Waals surface area contributed by atoms with Gasteiger partial charge in [0, 0.05) is 11.9 Å². The van der Waals surface area contributed by atoms with Gasteiger partial charge in [0.1, 0.15) is 0 Å². The van der Waals surface area contributed by atoms with Crippen molar-refractivity contribution in [2.24, 2.45) is 0 Å². The maximum absolute atomic E-state index is 12.4. The molecule has 2 rings (SSSR count). The van der Waals surface area contributed by atoms with Crippen molar-refractivity contribution in [3.8, 4) is 5.82 Å². The Morgan fingerprint density at radius 1 is 1.33 bits per heavy atom. The van der Waals surface area contributed by atoms with E-state index in [1.807, 2.05) is 0 Å². The lowest BCUT2D eigenvalue weighted by atomic mass is 10.2. The number of aliphatic hydroxyl groups excluding tert-OH is 1. The van der Waals surface area contributed by atoms with E-state index in [0.29, 0.717) is 11.3 Å². The summed E-state index contributed by atoms with van der Waals surface area (Å²) in [5.74, 6) is 0.278. The minimum absolute atomic E-state index is 0.161. The zero-order chi connectivity index (χ0) is 13.3. The Bertz CT molecular complexity index is 563. The van der Waals surface area contributed by atoms with E-state index in [0.717, 1.165) is 17.1 Å². The fourth-order valence-corrected chi connectivity index (χ4v) is 1.47. The van der Waals surface area contributed by atoms with Crippen LogP contribution in [0.25, 0.3) is 5.82 Å². The van der Waals surface area contributed by atoms with E-state index >= 15 is 0 Å². The van der Waals surface area contributed by atoms with Gasteiger partial charge >= 0.3 is 6.18 Å². The molecule has 0 fully saturated rings. The van der Waals surface area contributed by atoms with Crippen LogP contribution in [0.1, 0.15) is 16.8 Å². The van der Waals surface area contributed by atoms with Crippen LogP contribution in [0.2, 0.25) is 0 Å². The monoisotopic (exact) mass is 257 g/mol. The normalized spacial score (nSPS) is 11.8. The van der Waals surface area contributed by atoms with Gasteiger partial charge in [0.15, 0.2) is 5.82 Å². The van der Waals surface area contributed by atoms with Gasteiger partial charge in [-0.15, -0.1) is 0 Å². The molecule has 0 saturated carbocycles. The topological polar surface area (TPSA) is 50.9 Å². The number of aryl methyl sites for hydroxylation is 1. The zero-order valence-electron chi connectivity index (χ0n) is 9.44. The van der Waals surface area contributed by atoms with E-state index in [2.05, 4.69) is 10.1 Å². The predicted molar refractivity (Wildman–Crippen MR) is 57.0 cm³/mol. The highest BCUT2D eigenvalue weighted by molar-refractivity contribution is 5.30. The molecule has 0 bridgehead atoms. The predicted octanol–water partition coefficient (Wildman–Crippen LogP) is 2.09. The van der Waals surface area contributed by atoms with Crippen LogP contribution in [0.15, 0.2) is 24.5 Å². The fourth-order valence-electron chi connectivity index (χ4n) is 1.47. The van der Waals surface area contributed by atoms with Gasteiger partial charge < -0.3 is 5.11 Å². The van der Waals surface area contributed by atoms with E-state index < -0.39 is 11.7 Å². The van der Waals surface area contributed by atoms with Crippen LogP contribution in [0.5, 0.6) is 0 Å². The summed E-state index contributed by atoms with van der Waals surface area (Å²) in [5.41, 5.74) is 0.356. The van der Waals surface area contributed by atoms with Gasteiger partial charge in [0.05, 0.1) is 18.4 Å². The standard InChI is InChI=1S/C11H10F3N3O/c1-7-8(6-18)2-3-10(16-7)17-5-9(4-15-17)11(12,13)14/h2-5,18H,6H2,1H3. The van der Waals surface area contributed by atoms with Crippen LogP contribution in [0.3, 0.4) is 0 Å². The summed E-state index contributed by atoms with van der Waals surface area (Å²) >= 11 is 0. The molecule has 0 atom stereocenters. The second-order valence-corrected chi connectivity index (χ2v) is 3.74. The van der Waals surface area contributed by atoms with Crippen LogP contribution in [0, 0.1) is 6.92 Å². The van der Waals surface area contributed by atoms with E-state index in [-0.39, 0.29) is 12.4 Å². The molecule has 7 heteroatoms. The lowest BCUT2D eigenvalue weighted by Crippen LogP contribution is -2.04. The Hall–Kier alpha value is -1.89. The Balaban J connectivity index is 2.38. The zero-order valence-corrected chi connectivity index (χ0v) is 9.44. The van der Waals surface area contributed by atoms with Crippen molar-refractivity contribution in [3.05, 3.63) is 41.3 Å². The highest BCUT2D eigenvalue weighted by Crippen LogP contribution is 2.28. The Morgan fingerprint density at radius 2 is 2.06 bits per heavy atom. The van der Waals surface area contributed by atoms with Gasteiger partial charge in [-0.25, -0.2) is 9.67 Å². The average Bonchev–Trinajstić information content (AvgIpc) is 2.77. The highest BCUT2D eigenvalue weighted by Gasteiger charge is 2.32. The molecule has 2 aromatic rings. The van der Waals surface area contributed by atoms with Gasteiger partial charge in [0.2, 0.25) is 0 Å². The minimum atomic E-state index is -4.42. The van der Waals surface area contributed by atoms with Gasteiger partial charge in [-0.2, -0.15) is 18.3 Å². The van der Waals surface area contributed by atoms with Gasteiger partial charge in [-0.05, 0) is 18.6 Å². The van der Waals surface area contributed by atoms with Gasteiger partial charge in [0.25, 0.3) is 0 Å². The molecular weight excluding hydrogens is 247 g/mol. The maximum atomic E-state index is 12.4. The number of hydrogen-bond donors (Lipinski definition) is 1. The van der Waals surface area contributed by atoms with E-state index in [4.69, 9.17) is 5.11 Å². The molecule has 18 heavy (non-hydrogen) atoms. The first-order valence-corrected chi connectivity index (χ1v) is 5.11. The number of aliphatic hydroxyl groups is 1. The summed E-state index contributed by atoms with van der Waals surface area (Å²) in [7, 11) is 0. The molecule has 0 amide bonds. The van der Waals surface area contributed by atoms with Crippen molar-refractivity contribution < 1.29 is 18.3 Å². The summed E-state index contributed by atoms with van der Waals surface area (Å²) in [6.45, 7) is 1.51. The van der Waals surface area contributed by atoms with Crippen molar-refractivity contribution in [3.63, 3.8) is 0 Å². The molecule has 0 spiro atoms. The highest BCUT2D eigenvalue weighted by atomic mass is 19.4. The van der Waals surface area contributed by atoms with E-state index in [1.54, 1.807) is 13.0 Å². The second kappa shape index (κ2) is 4.41. The Labute approximate surface area is 101 Å². The van der Waals surface area contributed by atoms with Crippen LogP contribution >= 0.6 is 0 Å². The third kappa shape index (κ3) is 2.35. The number of hydrogen-bond acceptors (Lipinski definition) is 3. The molecule has 2 aromatic heterocycles. The third-order valence-electron chi connectivity index (χ3n) is 2.50. The molecule has 96 valence electrons. The minimum Gasteiger partial charge on any atom is -0.392 e. The lowest BCUT2D eigenvalue weighted by Gasteiger charge is -2.05. The van der Waals surface area contributed by atoms with E-state index in [9.17, 15) is 13.2 Å². The largest absolute Gasteiger partial charge is 0.419 e. The van der Waals surface area contributed by atoms with E-state index in [1.165, 1.54) is 6.07 Å². The second-order valence-electron chi connectivity index (χ2n) is 3.74. The Kier molecular flexibility index (Phi) is 3.08. The number of alkyl halides is 3.